The minimum Gasteiger partial charge on any atom is -0.508 e. The first kappa shape index (κ1) is 25.4. The number of phenols is 1. The number of hydrogen-bond donors (Lipinski definition) is 3. The molecule has 0 aliphatic heterocycles. The fraction of sp³-hybridized carbons (Fsp3) is 0.167. The third-order valence-electron chi connectivity index (χ3n) is 4.77. The van der Waals surface area contributed by atoms with E-state index < -0.39 is 40.0 Å². The van der Waals surface area contributed by atoms with Gasteiger partial charge in [0.15, 0.2) is 0 Å². The Balaban J connectivity index is 1.73. The molecular formula is C24H23N3O7S. The van der Waals surface area contributed by atoms with Crippen LogP contribution in [-0.2, 0) is 20.3 Å². The second-order valence-electron chi connectivity index (χ2n) is 7.44. The molecule has 2 atom stereocenters. The van der Waals surface area contributed by atoms with Gasteiger partial charge in [-0.1, -0.05) is 18.2 Å². The van der Waals surface area contributed by atoms with Crippen molar-refractivity contribution in [1.82, 2.24) is 14.9 Å². The van der Waals surface area contributed by atoms with Gasteiger partial charge >= 0.3 is 11.7 Å². The summed E-state index contributed by atoms with van der Waals surface area (Å²) in [6, 6.07) is 14.4. The molecule has 1 aromatic heterocycles. The zero-order chi connectivity index (χ0) is 25.4. The smallest absolute Gasteiger partial charge is 0.338 e. The molecule has 10 nitrogen and oxygen atoms in total. The number of phenolic OH excluding ortho intramolecular Hbond substituents is 1. The topological polar surface area (TPSA) is 148 Å². The Morgan fingerprint density at radius 3 is 2.49 bits per heavy atom. The van der Waals surface area contributed by atoms with Gasteiger partial charge in [0.05, 0.1) is 28.2 Å². The number of rotatable bonds is 9. The third-order valence-corrected chi connectivity index (χ3v) is 6.27. The Morgan fingerprint density at radius 1 is 1.14 bits per heavy atom. The van der Waals surface area contributed by atoms with E-state index in [0.29, 0.717) is 16.2 Å². The van der Waals surface area contributed by atoms with E-state index in [9.17, 15) is 28.5 Å². The minimum absolute atomic E-state index is 0.0188. The number of H-pyrrole nitrogens is 1. The molecule has 0 spiro atoms. The first-order chi connectivity index (χ1) is 16.7. The zero-order valence-corrected chi connectivity index (χ0v) is 19.5. The van der Waals surface area contributed by atoms with Gasteiger partial charge in [-0.2, -0.15) is 0 Å². The summed E-state index contributed by atoms with van der Waals surface area (Å²) in [4.78, 5) is 50.7. The lowest BCUT2D eigenvalue weighted by molar-refractivity contribution is -0.117. The number of aromatic nitrogens is 2. The van der Waals surface area contributed by atoms with Crippen LogP contribution in [0.5, 0.6) is 5.75 Å². The van der Waals surface area contributed by atoms with Gasteiger partial charge in [-0.05, 0) is 43.3 Å². The number of ether oxygens (including phenoxy) is 1. The molecule has 11 heteroatoms. The Hall–Kier alpha value is -4.25. The first-order valence-corrected chi connectivity index (χ1v) is 11.8. The summed E-state index contributed by atoms with van der Waals surface area (Å²) in [6.45, 7) is 1.28. The van der Waals surface area contributed by atoms with Crippen LogP contribution in [0.1, 0.15) is 16.1 Å². The molecule has 1 heterocycles. The lowest BCUT2D eigenvalue weighted by Gasteiger charge is -2.18. The molecular weight excluding hydrogens is 474 g/mol. The summed E-state index contributed by atoms with van der Waals surface area (Å²) in [5, 5.41) is 12.1. The fourth-order valence-electron chi connectivity index (χ4n) is 3.04. The molecule has 2 unspecified atom stereocenters. The van der Waals surface area contributed by atoms with Gasteiger partial charge < -0.3 is 15.2 Å². The van der Waals surface area contributed by atoms with E-state index in [-0.39, 0.29) is 18.1 Å². The third kappa shape index (κ3) is 7.37. The summed E-state index contributed by atoms with van der Waals surface area (Å²) in [7, 11) is -1.58. The van der Waals surface area contributed by atoms with E-state index in [2.05, 4.69) is 10.3 Å². The van der Waals surface area contributed by atoms with Crippen molar-refractivity contribution in [3.63, 3.8) is 0 Å². The molecule has 3 rings (SSSR count). The average Bonchev–Trinajstić information content (AvgIpc) is 2.82. The lowest BCUT2D eigenvalue weighted by Crippen LogP contribution is -2.42. The summed E-state index contributed by atoms with van der Waals surface area (Å²) in [6.07, 6.45) is 2.26. The van der Waals surface area contributed by atoms with Crippen LogP contribution in [0.15, 0.2) is 81.2 Å². The van der Waals surface area contributed by atoms with E-state index in [1.54, 1.807) is 30.3 Å². The molecule has 0 aliphatic carbocycles. The van der Waals surface area contributed by atoms with Crippen LogP contribution in [-0.4, -0.2) is 49.1 Å². The van der Waals surface area contributed by atoms with Crippen molar-refractivity contribution in [2.75, 3.05) is 12.4 Å². The lowest BCUT2D eigenvalue weighted by atomic mass is 10.2. The van der Waals surface area contributed by atoms with Crippen molar-refractivity contribution in [3.8, 4) is 5.75 Å². The van der Waals surface area contributed by atoms with Gasteiger partial charge in [-0.3, -0.25) is 23.3 Å². The molecule has 0 radical (unpaired) electrons. The molecule has 1 amide bonds. The van der Waals surface area contributed by atoms with Gasteiger partial charge in [0.1, 0.15) is 12.4 Å². The predicted molar refractivity (Wildman–Crippen MR) is 129 cm³/mol. The highest BCUT2D eigenvalue weighted by atomic mass is 32.2. The van der Waals surface area contributed by atoms with Crippen LogP contribution in [0.3, 0.4) is 0 Å². The highest BCUT2D eigenvalue weighted by Gasteiger charge is 2.19. The molecule has 0 saturated carbocycles. The summed E-state index contributed by atoms with van der Waals surface area (Å²) >= 11 is 0. The molecule has 3 aromatic rings. The van der Waals surface area contributed by atoms with E-state index >= 15 is 0 Å². The molecule has 0 fully saturated rings. The monoisotopic (exact) mass is 497 g/mol. The maximum Gasteiger partial charge on any atom is 0.338 e. The molecule has 2 aromatic carbocycles. The highest BCUT2D eigenvalue weighted by molar-refractivity contribution is 7.85. The van der Waals surface area contributed by atoms with Gasteiger partial charge in [0, 0.05) is 28.9 Å². The summed E-state index contributed by atoms with van der Waals surface area (Å²) in [5.74, 6) is -1.30. The van der Waals surface area contributed by atoms with Gasteiger partial charge in [0.25, 0.3) is 5.56 Å². The van der Waals surface area contributed by atoms with Crippen LogP contribution >= 0.6 is 0 Å². The molecule has 0 saturated heterocycles. The van der Waals surface area contributed by atoms with Gasteiger partial charge in [0.2, 0.25) is 5.91 Å². The number of amides is 1. The van der Waals surface area contributed by atoms with Gasteiger partial charge in [-0.15, -0.1) is 0 Å². The van der Waals surface area contributed by atoms with Crippen molar-refractivity contribution in [3.05, 3.63) is 98.8 Å². The second kappa shape index (κ2) is 11.7. The highest BCUT2D eigenvalue weighted by Crippen LogP contribution is 2.14. The van der Waals surface area contributed by atoms with E-state index in [0.717, 1.165) is 10.6 Å². The minimum atomic E-state index is -1.58. The van der Waals surface area contributed by atoms with Crippen molar-refractivity contribution < 1.29 is 23.6 Å². The molecule has 35 heavy (non-hydrogen) atoms. The Morgan fingerprint density at radius 2 is 1.83 bits per heavy atom. The summed E-state index contributed by atoms with van der Waals surface area (Å²) < 4.78 is 19.2. The van der Waals surface area contributed by atoms with E-state index in [1.807, 2.05) is 0 Å². The number of carbonyl (C=O) groups is 2. The number of aryl methyl sites for hydroxylation is 1. The number of benzene rings is 2. The average molecular weight is 498 g/mol. The summed E-state index contributed by atoms with van der Waals surface area (Å²) in [5.41, 5.74) is -0.617. The maximum atomic E-state index is 12.8. The normalized spacial score (nSPS) is 12.7. The number of carbonyl (C=O) groups excluding carboxylic acids is 2. The Bertz CT molecular complexity index is 1360. The Kier molecular flexibility index (Phi) is 8.52. The number of esters is 1. The number of aromatic amines is 1. The SMILES string of the molecule is Cc1cc(=O)[nH]c(=O)n1C=CC(=O)NC(COC(=O)c1ccccc1)CS(=O)c1ccc(O)cc1. The van der Waals surface area contributed by atoms with E-state index in [4.69, 9.17) is 4.74 Å². The number of aromatic hydroxyl groups is 1. The number of hydrogen-bond acceptors (Lipinski definition) is 7. The van der Waals surface area contributed by atoms with E-state index in [1.165, 1.54) is 43.5 Å². The standard InChI is InChI=1S/C24H23N3O7S/c1-16-13-22(30)26-24(32)27(16)12-11-21(29)25-18(14-34-23(31)17-5-3-2-4-6-17)15-35(33)20-9-7-19(28)8-10-20/h2-13,18,28H,14-15H2,1H3,(H,25,29)(H,26,30,32). The van der Waals surface area contributed by atoms with Crippen LogP contribution in [0.25, 0.3) is 6.20 Å². The van der Waals surface area contributed by atoms with Crippen molar-refractivity contribution in [1.29, 1.82) is 0 Å². The quantitative estimate of drug-likeness (QED) is 0.297. The zero-order valence-electron chi connectivity index (χ0n) is 18.7. The molecule has 182 valence electrons. The van der Waals surface area contributed by atoms with Crippen LogP contribution in [0, 0.1) is 6.92 Å². The van der Waals surface area contributed by atoms with Crippen LogP contribution in [0.2, 0.25) is 0 Å². The number of nitrogens with one attached hydrogen (secondary N) is 2. The molecule has 0 aliphatic rings. The first-order valence-electron chi connectivity index (χ1n) is 10.4. The molecule has 3 N–H and O–H groups in total. The fourth-order valence-corrected chi connectivity index (χ4v) is 4.22. The van der Waals surface area contributed by atoms with Crippen LogP contribution < -0.4 is 16.6 Å². The van der Waals surface area contributed by atoms with Crippen molar-refractivity contribution in [2.24, 2.45) is 0 Å². The molecule has 0 bridgehead atoms. The van der Waals surface area contributed by atoms with Gasteiger partial charge in [-0.25, -0.2) is 9.59 Å². The van der Waals surface area contributed by atoms with Crippen LogP contribution in [0.4, 0.5) is 0 Å². The Labute approximate surface area is 202 Å². The number of nitrogens with zero attached hydrogens (tertiary/aromatic N) is 1. The van der Waals surface area contributed by atoms with Crippen molar-refractivity contribution in [2.45, 2.75) is 17.9 Å². The predicted octanol–water partition coefficient (Wildman–Crippen LogP) is 1.17. The largest absolute Gasteiger partial charge is 0.508 e. The maximum absolute atomic E-state index is 12.8. The van der Waals surface area contributed by atoms with Crippen molar-refractivity contribution >= 4 is 28.9 Å². The second-order valence-corrected chi connectivity index (χ2v) is 8.94.